The Hall–Kier alpha value is -2.77. The third-order valence-corrected chi connectivity index (χ3v) is 4.24. The molecule has 0 amide bonds. The van der Waals surface area contributed by atoms with Crippen LogP contribution in [0.1, 0.15) is 16.7 Å². The van der Waals surface area contributed by atoms with Crippen LogP contribution < -0.4 is 4.74 Å². The van der Waals surface area contributed by atoms with Crippen molar-refractivity contribution in [1.29, 1.82) is 0 Å². The van der Waals surface area contributed by atoms with Crippen LogP contribution in [0.3, 0.4) is 0 Å². The van der Waals surface area contributed by atoms with Gasteiger partial charge in [0.1, 0.15) is 12.4 Å². The Morgan fingerprint density at radius 3 is 2.55 bits per heavy atom. The molecule has 29 heavy (non-hydrogen) atoms. The van der Waals surface area contributed by atoms with Gasteiger partial charge in [0.25, 0.3) is 0 Å². The summed E-state index contributed by atoms with van der Waals surface area (Å²) in [6.07, 6.45) is -1.56. The molecule has 3 aromatic rings. The van der Waals surface area contributed by atoms with Gasteiger partial charge < -0.3 is 9.57 Å². The quantitative estimate of drug-likeness (QED) is 0.314. The number of aromatic nitrogens is 1. The summed E-state index contributed by atoms with van der Waals surface area (Å²) in [4.78, 5) is 9.23. The van der Waals surface area contributed by atoms with Gasteiger partial charge in [-0.15, -0.1) is 0 Å². The highest BCUT2D eigenvalue weighted by atomic mass is 35.5. The lowest BCUT2D eigenvalue weighted by Gasteiger charge is -2.09. The van der Waals surface area contributed by atoms with E-state index < -0.39 is 11.7 Å². The topological polar surface area (TPSA) is 43.7 Å². The molecule has 0 unspecified atom stereocenters. The molecule has 1 aromatic heterocycles. The molecule has 2 aromatic carbocycles. The fourth-order valence-corrected chi connectivity index (χ4v) is 2.69. The van der Waals surface area contributed by atoms with Crippen molar-refractivity contribution >= 4 is 29.4 Å². The zero-order valence-corrected chi connectivity index (χ0v) is 16.2. The first-order valence-corrected chi connectivity index (χ1v) is 8.97. The van der Waals surface area contributed by atoms with E-state index in [2.05, 4.69) is 10.1 Å². The molecule has 1 heterocycles. The molecule has 0 aliphatic carbocycles. The summed E-state index contributed by atoms with van der Waals surface area (Å²) in [6.45, 7) is 0.163. The Labute approximate surface area is 174 Å². The minimum absolute atomic E-state index is 0.0388. The zero-order valence-electron chi connectivity index (χ0n) is 14.7. The van der Waals surface area contributed by atoms with Crippen LogP contribution in [0.15, 0.2) is 65.9 Å². The molecule has 9 heteroatoms. The second-order valence-electron chi connectivity index (χ2n) is 5.80. The number of ether oxygens (including phenoxy) is 1. The van der Waals surface area contributed by atoms with Gasteiger partial charge in [0.2, 0.25) is 5.88 Å². The fourth-order valence-electron chi connectivity index (χ4n) is 2.23. The number of hydrogen-bond acceptors (Lipinski definition) is 4. The lowest BCUT2D eigenvalue weighted by atomic mass is 10.2. The number of rotatable bonds is 6. The van der Waals surface area contributed by atoms with Crippen molar-refractivity contribution in [3.63, 3.8) is 0 Å². The van der Waals surface area contributed by atoms with E-state index in [1.54, 1.807) is 24.3 Å². The molecular weight excluding hydrogens is 428 g/mol. The molecular formula is C20H13Cl2F3N2O2. The number of pyridine rings is 1. The van der Waals surface area contributed by atoms with Gasteiger partial charge in [0.05, 0.1) is 11.8 Å². The maximum Gasteiger partial charge on any atom is 0.416 e. The van der Waals surface area contributed by atoms with Crippen molar-refractivity contribution in [3.8, 4) is 11.6 Å². The van der Waals surface area contributed by atoms with Crippen LogP contribution in [0.2, 0.25) is 10.0 Å². The molecule has 0 N–H and O–H groups in total. The summed E-state index contributed by atoms with van der Waals surface area (Å²) < 4.78 is 43.6. The predicted octanol–water partition coefficient (Wildman–Crippen LogP) is 6.75. The molecule has 0 bridgehead atoms. The first-order valence-electron chi connectivity index (χ1n) is 8.22. The third-order valence-electron chi connectivity index (χ3n) is 3.65. The van der Waals surface area contributed by atoms with Crippen LogP contribution in [0.25, 0.3) is 0 Å². The lowest BCUT2D eigenvalue weighted by Crippen LogP contribution is -2.04. The number of alkyl halides is 3. The SMILES string of the molecule is FC(F)(F)c1cccc(Oc2ccc(/C=N\OCc3ccc(Cl)cc3Cl)cn2)c1. The van der Waals surface area contributed by atoms with Crippen LogP contribution in [-0.4, -0.2) is 11.2 Å². The highest BCUT2D eigenvalue weighted by Crippen LogP contribution is 2.32. The van der Waals surface area contributed by atoms with Gasteiger partial charge >= 0.3 is 6.18 Å². The second kappa shape index (κ2) is 9.15. The predicted molar refractivity (Wildman–Crippen MR) is 105 cm³/mol. The van der Waals surface area contributed by atoms with Crippen molar-refractivity contribution in [2.45, 2.75) is 12.8 Å². The Balaban J connectivity index is 1.57. The molecule has 150 valence electrons. The maximum absolute atomic E-state index is 12.7. The van der Waals surface area contributed by atoms with E-state index in [-0.39, 0.29) is 18.2 Å². The average Bonchev–Trinajstić information content (AvgIpc) is 2.67. The van der Waals surface area contributed by atoms with Gasteiger partial charge in [-0.25, -0.2) is 4.98 Å². The van der Waals surface area contributed by atoms with Gasteiger partial charge in [-0.3, -0.25) is 0 Å². The highest BCUT2D eigenvalue weighted by molar-refractivity contribution is 6.35. The third kappa shape index (κ3) is 6.10. The Kier molecular flexibility index (Phi) is 6.61. The Morgan fingerprint density at radius 2 is 1.86 bits per heavy atom. The Bertz CT molecular complexity index is 1010. The highest BCUT2D eigenvalue weighted by Gasteiger charge is 2.30. The van der Waals surface area contributed by atoms with Crippen LogP contribution in [0.5, 0.6) is 11.6 Å². The molecule has 0 fully saturated rings. The molecule has 0 aliphatic rings. The smallest absolute Gasteiger partial charge is 0.416 e. The van der Waals surface area contributed by atoms with E-state index in [1.807, 2.05) is 0 Å². The molecule has 4 nitrogen and oxygen atoms in total. The lowest BCUT2D eigenvalue weighted by molar-refractivity contribution is -0.137. The normalized spacial score (nSPS) is 11.6. The van der Waals surface area contributed by atoms with E-state index in [0.717, 1.165) is 17.7 Å². The number of benzene rings is 2. The number of nitrogens with zero attached hydrogens (tertiary/aromatic N) is 2. The van der Waals surface area contributed by atoms with Crippen molar-refractivity contribution in [1.82, 2.24) is 4.98 Å². The summed E-state index contributed by atoms with van der Waals surface area (Å²) in [5, 5.41) is 4.84. The van der Waals surface area contributed by atoms with Crippen LogP contribution in [-0.2, 0) is 17.6 Å². The second-order valence-corrected chi connectivity index (χ2v) is 6.64. The van der Waals surface area contributed by atoms with Gasteiger partial charge in [0.15, 0.2) is 0 Å². The fraction of sp³-hybridized carbons (Fsp3) is 0.100. The monoisotopic (exact) mass is 440 g/mol. The molecule has 0 spiro atoms. The van der Waals surface area contributed by atoms with Gasteiger partial charge in [-0.05, 0) is 36.4 Å². The standard InChI is InChI=1S/C20H13Cl2F3N2O2/c21-16-6-5-14(18(22)9-16)12-28-27-11-13-4-7-19(26-10-13)29-17-3-1-2-15(8-17)20(23,24)25/h1-11H,12H2/b27-11-. The van der Waals surface area contributed by atoms with Gasteiger partial charge in [-0.1, -0.05) is 40.5 Å². The van der Waals surface area contributed by atoms with Gasteiger partial charge in [0, 0.05) is 33.4 Å². The van der Waals surface area contributed by atoms with E-state index in [4.69, 9.17) is 32.8 Å². The van der Waals surface area contributed by atoms with Crippen molar-refractivity contribution in [2.75, 3.05) is 0 Å². The first-order chi connectivity index (χ1) is 13.8. The minimum Gasteiger partial charge on any atom is -0.439 e. The first kappa shape index (κ1) is 21.0. The van der Waals surface area contributed by atoms with Crippen molar-refractivity contribution in [3.05, 3.63) is 87.5 Å². The number of hydrogen-bond donors (Lipinski definition) is 0. The van der Waals surface area contributed by atoms with Crippen molar-refractivity contribution in [2.24, 2.45) is 5.16 Å². The summed E-state index contributed by atoms with van der Waals surface area (Å²) >= 11 is 11.9. The van der Waals surface area contributed by atoms with E-state index in [1.165, 1.54) is 30.6 Å². The summed E-state index contributed by atoms with van der Waals surface area (Å²) in [5.74, 6) is 0.187. The molecule has 0 saturated heterocycles. The molecule has 0 radical (unpaired) electrons. The molecule has 0 atom stereocenters. The van der Waals surface area contributed by atoms with Crippen LogP contribution in [0.4, 0.5) is 13.2 Å². The maximum atomic E-state index is 12.7. The van der Waals surface area contributed by atoms with Crippen molar-refractivity contribution < 1.29 is 22.7 Å². The Morgan fingerprint density at radius 1 is 1.03 bits per heavy atom. The summed E-state index contributed by atoms with van der Waals surface area (Å²) in [5.41, 5.74) is 0.552. The van der Waals surface area contributed by atoms with E-state index in [9.17, 15) is 13.2 Å². The molecule has 0 saturated carbocycles. The van der Waals surface area contributed by atoms with Crippen LogP contribution >= 0.6 is 23.2 Å². The minimum atomic E-state index is -4.44. The van der Waals surface area contributed by atoms with E-state index in [0.29, 0.717) is 15.6 Å². The number of halogens is 5. The molecule has 3 rings (SSSR count). The molecule has 0 aliphatic heterocycles. The largest absolute Gasteiger partial charge is 0.439 e. The number of oxime groups is 1. The van der Waals surface area contributed by atoms with Gasteiger partial charge in [-0.2, -0.15) is 13.2 Å². The zero-order chi connectivity index (χ0) is 20.9. The van der Waals surface area contributed by atoms with Crippen LogP contribution in [0, 0.1) is 0 Å². The summed E-state index contributed by atoms with van der Waals surface area (Å²) in [6, 6.07) is 12.8. The average molecular weight is 441 g/mol. The van der Waals surface area contributed by atoms with E-state index >= 15 is 0 Å². The summed E-state index contributed by atoms with van der Waals surface area (Å²) in [7, 11) is 0.